The summed E-state index contributed by atoms with van der Waals surface area (Å²) in [5.74, 6) is 0.494. The standard InChI is InChI=1S/C13H21N5O2S/c1-3-5-17-10(8-14)15-16-13(17)21-9-7-11(19)18(6-4-2)12(9)20/h9H,3-8,14H2,1-2H3. The third kappa shape index (κ3) is 3.26. The molecule has 21 heavy (non-hydrogen) atoms. The van der Waals surface area contributed by atoms with Crippen molar-refractivity contribution in [2.24, 2.45) is 5.73 Å². The molecule has 1 saturated heterocycles. The van der Waals surface area contributed by atoms with E-state index in [-0.39, 0.29) is 18.2 Å². The number of carbonyl (C=O) groups excluding carboxylic acids is 2. The smallest absolute Gasteiger partial charge is 0.243 e. The van der Waals surface area contributed by atoms with Gasteiger partial charge in [0, 0.05) is 19.5 Å². The summed E-state index contributed by atoms with van der Waals surface area (Å²) in [6, 6.07) is 0. The Morgan fingerprint density at radius 3 is 2.57 bits per heavy atom. The Morgan fingerprint density at radius 2 is 1.95 bits per heavy atom. The molecule has 1 aliphatic rings. The highest BCUT2D eigenvalue weighted by atomic mass is 32.2. The van der Waals surface area contributed by atoms with Crippen LogP contribution in [0.2, 0.25) is 0 Å². The first-order valence-electron chi connectivity index (χ1n) is 7.25. The number of aromatic nitrogens is 3. The number of imide groups is 1. The van der Waals surface area contributed by atoms with E-state index in [2.05, 4.69) is 17.1 Å². The zero-order chi connectivity index (χ0) is 15.4. The van der Waals surface area contributed by atoms with Crippen molar-refractivity contribution in [2.45, 2.75) is 56.6 Å². The van der Waals surface area contributed by atoms with Gasteiger partial charge in [0.2, 0.25) is 11.8 Å². The van der Waals surface area contributed by atoms with E-state index in [1.54, 1.807) is 0 Å². The van der Waals surface area contributed by atoms with Crippen LogP contribution in [0.1, 0.15) is 38.9 Å². The second-order valence-electron chi connectivity index (χ2n) is 4.95. The fourth-order valence-corrected chi connectivity index (χ4v) is 3.46. The molecule has 7 nitrogen and oxygen atoms in total. The molecule has 1 fully saturated rings. The molecular weight excluding hydrogens is 290 g/mol. The van der Waals surface area contributed by atoms with Crippen molar-refractivity contribution in [1.29, 1.82) is 0 Å². The zero-order valence-electron chi connectivity index (χ0n) is 12.4. The van der Waals surface area contributed by atoms with Crippen molar-refractivity contribution < 1.29 is 9.59 Å². The van der Waals surface area contributed by atoms with Gasteiger partial charge in [-0.25, -0.2) is 0 Å². The van der Waals surface area contributed by atoms with Gasteiger partial charge in [-0.3, -0.25) is 14.5 Å². The topological polar surface area (TPSA) is 94.1 Å². The van der Waals surface area contributed by atoms with Gasteiger partial charge in [-0.15, -0.1) is 10.2 Å². The van der Waals surface area contributed by atoms with E-state index in [0.29, 0.717) is 24.1 Å². The van der Waals surface area contributed by atoms with Crippen LogP contribution in [0.15, 0.2) is 5.16 Å². The molecule has 0 radical (unpaired) electrons. The minimum atomic E-state index is -0.394. The number of likely N-dealkylation sites (tertiary alicyclic amines) is 1. The number of hydrogen-bond donors (Lipinski definition) is 1. The lowest BCUT2D eigenvalue weighted by Gasteiger charge is -2.13. The Hall–Kier alpha value is -1.41. The molecule has 0 spiro atoms. The predicted molar refractivity (Wildman–Crippen MR) is 79.5 cm³/mol. The Morgan fingerprint density at radius 1 is 1.24 bits per heavy atom. The summed E-state index contributed by atoms with van der Waals surface area (Å²) in [6.07, 6.45) is 1.94. The maximum atomic E-state index is 12.3. The highest BCUT2D eigenvalue weighted by molar-refractivity contribution is 8.00. The molecule has 1 atom stereocenters. The van der Waals surface area contributed by atoms with Crippen molar-refractivity contribution in [1.82, 2.24) is 19.7 Å². The molecule has 1 aromatic rings. The number of nitrogens with zero attached hydrogens (tertiary/aromatic N) is 4. The molecule has 0 bridgehead atoms. The van der Waals surface area contributed by atoms with Gasteiger partial charge < -0.3 is 10.3 Å². The number of rotatable bonds is 7. The Labute approximate surface area is 128 Å². The fraction of sp³-hybridized carbons (Fsp3) is 0.692. The maximum Gasteiger partial charge on any atom is 0.243 e. The number of amides is 2. The van der Waals surface area contributed by atoms with Crippen molar-refractivity contribution in [3.63, 3.8) is 0 Å². The van der Waals surface area contributed by atoms with E-state index in [0.717, 1.165) is 19.4 Å². The first-order valence-corrected chi connectivity index (χ1v) is 8.13. The van der Waals surface area contributed by atoms with Gasteiger partial charge in [-0.2, -0.15) is 0 Å². The number of thioether (sulfide) groups is 1. The minimum Gasteiger partial charge on any atom is -0.324 e. The molecule has 1 aliphatic heterocycles. The summed E-state index contributed by atoms with van der Waals surface area (Å²) in [6.45, 7) is 5.57. The molecule has 1 unspecified atom stereocenters. The van der Waals surface area contributed by atoms with Crippen LogP contribution in [-0.4, -0.2) is 43.3 Å². The maximum absolute atomic E-state index is 12.3. The molecular formula is C13H21N5O2S. The van der Waals surface area contributed by atoms with Crippen molar-refractivity contribution in [3.8, 4) is 0 Å². The molecule has 2 N–H and O–H groups in total. The molecule has 116 valence electrons. The van der Waals surface area contributed by atoms with Crippen LogP contribution in [0.5, 0.6) is 0 Å². The van der Waals surface area contributed by atoms with Gasteiger partial charge in [0.25, 0.3) is 0 Å². The van der Waals surface area contributed by atoms with Crippen LogP contribution < -0.4 is 5.73 Å². The third-order valence-corrected chi connectivity index (χ3v) is 4.49. The Balaban J connectivity index is 2.14. The number of carbonyl (C=O) groups is 2. The number of hydrogen-bond acceptors (Lipinski definition) is 6. The monoisotopic (exact) mass is 311 g/mol. The summed E-state index contributed by atoms with van der Waals surface area (Å²) in [5.41, 5.74) is 5.65. The molecule has 2 amide bonds. The van der Waals surface area contributed by atoms with Crippen LogP contribution in [0.25, 0.3) is 0 Å². The van der Waals surface area contributed by atoms with Crippen LogP contribution in [-0.2, 0) is 22.7 Å². The van der Waals surface area contributed by atoms with E-state index >= 15 is 0 Å². The molecule has 2 heterocycles. The quantitative estimate of drug-likeness (QED) is 0.748. The Bertz CT molecular complexity index is 531. The largest absolute Gasteiger partial charge is 0.324 e. The van der Waals surface area contributed by atoms with Gasteiger partial charge in [0.05, 0.1) is 6.54 Å². The zero-order valence-corrected chi connectivity index (χ0v) is 13.2. The van der Waals surface area contributed by atoms with Crippen molar-refractivity contribution in [3.05, 3.63) is 5.82 Å². The molecule has 0 aliphatic carbocycles. The summed E-state index contributed by atoms with van der Waals surface area (Å²) in [4.78, 5) is 25.5. The van der Waals surface area contributed by atoms with E-state index in [4.69, 9.17) is 5.73 Å². The van der Waals surface area contributed by atoms with Crippen molar-refractivity contribution >= 4 is 23.6 Å². The van der Waals surface area contributed by atoms with E-state index in [1.807, 2.05) is 11.5 Å². The average Bonchev–Trinajstić information content (AvgIpc) is 2.96. The molecule has 8 heteroatoms. The lowest BCUT2D eigenvalue weighted by atomic mass is 10.4. The van der Waals surface area contributed by atoms with Crippen LogP contribution in [0.4, 0.5) is 0 Å². The summed E-state index contributed by atoms with van der Waals surface area (Å²) in [5, 5.41) is 8.44. The molecule has 1 aromatic heterocycles. The molecule has 0 aromatic carbocycles. The van der Waals surface area contributed by atoms with Gasteiger partial charge in [0.1, 0.15) is 11.1 Å². The normalized spacial score (nSPS) is 18.8. The van der Waals surface area contributed by atoms with Gasteiger partial charge in [0.15, 0.2) is 5.16 Å². The first-order chi connectivity index (χ1) is 10.1. The third-order valence-electron chi connectivity index (χ3n) is 3.32. The fourth-order valence-electron chi connectivity index (χ4n) is 2.34. The SMILES string of the molecule is CCCN1C(=O)CC(Sc2nnc(CN)n2CCC)C1=O. The summed E-state index contributed by atoms with van der Waals surface area (Å²) >= 11 is 1.32. The Kier molecular flexibility index (Phi) is 5.35. The average molecular weight is 311 g/mol. The molecule has 0 saturated carbocycles. The predicted octanol–water partition coefficient (Wildman–Crippen LogP) is 0.776. The number of nitrogens with two attached hydrogens (primary N) is 1. The van der Waals surface area contributed by atoms with Crippen LogP contribution >= 0.6 is 11.8 Å². The van der Waals surface area contributed by atoms with Crippen LogP contribution in [0, 0.1) is 0 Å². The first kappa shape index (κ1) is 16.0. The van der Waals surface area contributed by atoms with Gasteiger partial charge >= 0.3 is 0 Å². The van der Waals surface area contributed by atoms with E-state index < -0.39 is 5.25 Å². The minimum absolute atomic E-state index is 0.0973. The summed E-state index contributed by atoms with van der Waals surface area (Å²) < 4.78 is 1.94. The summed E-state index contributed by atoms with van der Waals surface area (Å²) in [7, 11) is 0. The highest BCUT2D eigenvalue weighted by Gasteiger charge is 2.39. The second-order valence-corrected chi connectivity index (χ2v) is 6.12. The lowest BCUT2D eigenvalue weighted by molar-refractivity contribution is -0.138. The lowest BCUT2D eigenvalue weighted by Crippen LogP contribution is -2.32. The van der Waals surface area contributed by atoms with E-state index in [9.17, 15) is 9.59 Å². The van der Waals surface area contributed by atoms with Gasteiger partial charge in [-0.05, 0) is 12.8 Å². The van der Waals surface area contributed by atoms with E-state index in [1.165, 1.54) is 16.7 Å². The second kappa shape index (κ2) is 7.04. The molecule has 2 rings (SSSR count). The van der Waals surface area contributed by atoms with Gasteiger partial charge in [-0.1, -0.05) is 25.6 Å². The van der Waals surface area contributed by atoms with Crippen LogP contribution in [0.3, 0.4) is 0 Å². The highest BCUT2D eigenvalue weighted by Crippen LogP contribution is 2.31. The van der Waals surface area contributed by atoms with Crippen molar-refractivity contribution in [2.75, 3.05) is 6.54 Å².